The molecule has 0 saturated carbocycles. The van der Waals surface area contributed by atoms with Crippen LogP contribution in [0.3, 0.4) is 0 Å². The minimum atomic E-state index is -0.678. The van der Waals surface area contributed by atoms with Crippen LogP contribution < -0.4 is 11.1 Å². The molecular formula is C13H15FN2O3. The maximum Gasteiger partial charge on any atom is 0.225 e. The van der Waals surface area contributed by atoms with Gasteiger partial charge in [0.15, 0.2) is 0 Å². The highest BCUT2D eigenvalue weighted by atomic mass is 19.1. The van der Waals surface area contributed by atoms with Gasteiger partial charge < -0.3 is 15.8 Å². The number of halogens is 1. The van der Waals surface area contributed by atoms with Gasteiger partial charge in [-0.05, 0) is 17.7 Å². The molecule has 1 aromatic carbocycles. The van der Waals surface area contributed by atoms with Crippen molar-refractivity contribution < 1.29 is 18.7 Å². The first-order valence-electron chi connectivity index (χ1n) is 5.91. The number of rotatable bonds is 5. The van der Waals surface area contributed by atoms with Gasteiger partial charge in [0.1, 0.15) is 5.82 Å². The molecule has 19 heavy (non-hydrogen) atoms. The number of hydrogen-bond donors (Lipinski definition) is 2. The molecule has 1 fully saturated rings. The Bertz CT molecular complexity index is 483. The van der Waals surface area contributed by atoms with Gasteiger partial charge in [-0.25, -0.2) is 4.39 Å². The monoisotopic (exact) mass is 266 g/mol. The van der Waals surface area contributed by atoms with Gasteiger partial charge in [0, 0.05) is 0 Å². The predicted molar refractivity (Wildman–Crippen MR) is 65.6 cm³/mol. The van der Waals surface area contributed by atoms with Gasteiger partial charge in [-0.15, -0.1) is 0 Å². The van der Waals surface area contributed by atoms with Crippen molar-refractivity contribution in [2.24, 2.45) is 5.73 Å². The van der Waals surface area contributed by atoms with Crippen molar-refractivity contribution in [2.75, 3.05) is 13.2 Å². The van der Waals surface area contributed by atoms with Crippen molar-refractivity contribution >= 4 is 11.8 Å². The molecule has 5 nitrogen and oxygen atoms in total. The molecule has 102 valence electrons. The van der Waals surface area contributed by atoms with E-state index >= 15 is 0 Å². The first-order valence-corrected chi connectivity index (χ1v) is 5.91. The zero-order valence-electron chi connectivity index (χ0n) is 10.3. The molecule has 6 heteroatoms. The number of primary amides is 1. The summed E-state index contributed by atoms with van der Waals surface area (Å²) in [6.45, 7) is 0.566. The smallest absolute Gasteiger partial charge is 0.225 e. The van der Waals surface area contributed by atoms with Crippen LogP contribution in [-0.4, -0.2) is 30.6 Å². The van der Waals surface area contributed by atoms with Crippen molar-refractivity contribution in [2.45, 2.75) is 18.4 Å². The molecule has 0 aromatic heterocycles. The molecule has 0 radical (unpaired) electrons. The number of carbonyl (C=O) groups is 2. The lowest BCUT2D eigenvalue weighted by Crippen LogP contribution is -2.63. The van der Waals surface area contributed by atoms with Crippen molar-refractivity contribution in [3.63, 3.8) is 0 Å². The van der Waals surface area contributed by atoms with Gasteiger partial charge in [0.25, 0.3) is 0 Å². The van der Waals surface area contributed by atoms with Crippen LogP contribution in [0.15, 0.2) is 24.3 Å². The molecule has 3 N–H and O–H groups in total. The molecule has 1 aromatic rings. The van der Waals surface area contributed by atoms with Crippen molar-refractivity contribution in [1.82, 2.24) is 5.32 Å². The van der Waals surface area contributed by atoms with Gasteiger partial charge in [-0.3, -0.25) is 9.59 Å². The second-order valence-electron chi connectivity index (χ2n) is 4.77. The van der Waals surface area contributed by atoms with Gasteiger partial charge in [-0.1, -0.05) is 12.1 Å². The fraction of sp³-hybridized carbons (Fsp3) is 0.385. The molecule has 0 spiro atoms. The van der Waals surface area contributed by atoms with E-state index in [1.165, 1.54) is 12.1 Å². The lowest BCUT2D eigenvalue weighted by molar-refractivity contribution is -0.138. The molecule has 2 rings (SSSR count). The molecule has 1 saturated heterocycles. The summed E-state index contributed by atoms with van der Waals surface area (Å²) in [6, 6.07) is 5.70. The zero-order valence-corrected chi connectivity index (χ0v) is 10.3. The topological polar surface area (TPSA) is 81.4 Å². The van der Waals surface area contributed by atoms with E-state index in [4.69, 9.17) is 10.5 Å². The van der Waals surface area contributed by atoms with Crippen LogP contribution in [0.4, 0.5) is 4.39 Å². The van der Waals surface area contributed by atoms with Crippen LogP contribution in [0.2, 0.25) is 0 Å². The third kappa shape index (κ3) is 3.51. The number of amides is 2. The first kappa shape index (κ1) is 13.5. The average molecular weight is 266 g/mol. The largest absolute Gasteiger partial charge is 0.376 e. The summed E-state index contributed by atoms with van der Waals surface area (Å²) < 4.78 is 17.8. The standard InChI is InChI=1S/C13H15FN2O3/c14-10-3-1-9(2-4-10)5-12(18)16-13(6-11(15)17)7-19-8-13/h1-4H,5-8H2,(H2,15,17)(H,16,18). The third-order valence-electron chi connectivity index (χ3n) is 2.95. The Kier molecular flexibility index (Phi) is 3.80. The summed E-state index contributed by atoms with van der Waals surface area (Å²) in [4.78, 5) is 22.8. The molecule has 0 aliphatic carbocycles. The second kappa shape index (κ2) is 5.36. The number of nitrogens with one attached hydrogen (secondary N) is 1. The summed E-state index contributed by atoms with van der Waals surface area (Å²) in [7, 11) is 0. The van der Waals surface area contributed by atoms with Crippen molar-refractivity contribution in [3.05, 3.63) is 35.6 Å². The number of hydrogen-bond acceptors (Lipinski definition) is 3. The lowest BCUT2D eigenvalue weighted by Gasteiger charge is -2.41. The number of nitrogens with two attached hydrogens (primary N) is 1. The first-order chi connectivity index (χ1) is 8.99. The normalized spacial score (nSPS) is 16.5. The summed E-state index contributed by atoms with van der Waals surface area (Å²) in [5, 5.41) is 2.77. The molecule has 0 unspecified atom stereocenters. The highest BCUT2D eigenvalue weighted by molar-refractivity contribution is 5.81. The second-order valence-corrected chi connectivity index (χ2v) is 4.77. The molecule has 1 aliphatic rings. The van der Waals surface area contributed by atoms with E-state index in [0.717, 1.165) is 0 Å². The Morgan fingerprint density at radius 3 is 2.42 bits per heavy atom. The number of carbonyl (C=O) groups excluding carboxylic acids is 2. The Morgan fingerprint density at radius 2 is 1.95 bits per heavy atom. The van der Waals surface area contributed by atoms with Gasteiger partial charge >= 0.3 is 0 Å². The summed E-state index contributed by atoms with van der Waals surface area (Å²) in [5.74, 6) is -1.07. The average Bonchev–Trinajstić information content (AvgIpc) is 2.28. The van der Waals surface area contributed by atoms with E-state index in [0.29, 0.717) is 5.56 Å². The van der Waals surface area contributed by atoms with Crippen molar-refractivity contribution in [3.8, 4) is 0 Å². The molecule has 0 bridgehead atoms. The van der Waals surface area contributed by atoms with E-state index in [2.05, 4.69) is 5.32 Å². The number of benzene rings is 1. The SMILES string of the molecule is NC(=O)CC1(NC(=O)Cc2ccc(F)cc2)COC1. The Labute approximate surface area is 109 Å². The van der Waals surface area contributed by atoms with Crippen molar-refractivity contribution in [1.29, 1.82) is 0 Å². The van der Waals surface area contributed by atoms with Crippen LogP contribution in [-0.2, 0) is 20.7 Å². The highest BCUT2D eigenvalue weighted by Gasteiger charge is 2.41. The van der Waals surface area contributed by atoms with E-state index in [1.54, 1.807) is 12.1 Å². The van der Waals surface area contributed by atoms with E-state index in [-0.39, 0.29) is 37.8 Å². The highest BCUT2D eigenvalue weighted by Crippen LogP contribution is 2.21. The van der Waals surface area contributed by atoms with E-state index in [9.17, 15) is 14.0 Å². The van der Waals surface area contributed by atoms with E-state index in [1.807, 2.05) is 0 Å². The predicted octanol–water partition coefficient (Wildman–Crippen LogP) is 0.129. The van der Waals surface area contributed by atoms with Crippen LogP contribution in [0.25, 0.3) is 0 Å². The Hall–Kier alpha value is -1.95. The summed E-state index contributed by atoms with van der Waals surface area (Å²) in [5.41, 5.74) is 5.17. The lowest BCUT2D eigenvalue weighted by atomic mass is 9.92. The van der Waals surface area contributed by atoms with Gasteiger partial charge in [-0.2, -0.15) is 0 Å². The maximum absolute atomic E-state index is 12.7. The zero-order chi connectivity index (χ0) is 13.9. The molecule has 1 heterocycles. The minimum Gasteiger partial charge on any atom is -0.376 e. The fourth-order valence-corrected chi connectivity index (χ4v) is 2.03. The van der Waals surface area contributed by atoms with E-state index < -0.39 is 11.4 Å². The van der Waals surface area contributed by atoms with Crippen LogP contribution in [0.1, 0.15) is 12.0 Å². The van der Waals surface area contributed by atoms with Gasteiger partial charge in [0.2, 0.25) is 11.8 Å². The summed E-state index contributed by atoms with van der Waals surface area (Å²) >= 11 is 0. The van der Waals surface area contributed by atoms with Gasteiger partial charge in [0.05, 0.1) is 31.6 Å². The van der Waals surface area contributed by atoms with Crippen LogP contribution in [0.5, 0.6) is 0 Å². The van der Waals surface area contributed by atoms with Crippen LogP contribution >= 0.6 is 0 Å². The molecule has 1 aliphatic heterocycles. The van der Waals surface area contributed by atoms with Crippen LogP contribution in [0, 0.1) is 5.82 Å². The molecule has 2 amide bonds. The number of ether oxygens (including phenoxy) is 1. The molecular weight excluding hydrogens is 251 g/mol. The third-order valence-corrected chi connectivity index (χ3v) is 2.95. The molecule has 0 atom stereocenters. The maximum atomic E-state index is 12.7. The Morgan fingerprint density at radius 1 is 1.32 bits per heavy atom. The summed E-state index contributed by atoms with van der Waals surface area (Å²) in [6.07, 6.45) is 0.183. The fourth-order valence-electron chi connectivity index (χ4n) is 2.03. The Balaban J connectivity index is 1.93. The minimum absolute atomic E-state index is 0.0577. The quantitative estimate of drug-likeness (QED) is 0.794.